The predicted molar refractivity (Wildman–Crippen MR) is 34.0 cm³/mol. The Morgan fingerprint density at radius 1 is 1.56 bits per heavy atom. The van der Waals surface area contributed by atoms with Crippen molar-refractivity contribution >= 4 is 0 Å². The van der Waals surface area contributed by atoms with Gasteiger partial charge in [-0.25, -0.2) is 0 Å². The van der Waals surface area contributed by atoms with E-state index in [0.29, 0.717) is 5.56 Å². The highest BCUT2D eigenvalue weighted by atomic mass is 14.6. The second-order valence-electron chi connectivity index (χ2n) is 1.35. The van der Waals surface area contributed by atoms with Crippen LogP contribution in [0.15, 0.2) is 24.5 Å². The van der Waals surface area contributed by atoms with Crippen LogP contribution in [0, 0.1) is 11.3 Å². The molecule has 3 heteroatoms. The highest BCUT2D eigenvalue weighted by Crippen LogP contribution is 1.89. The molecule has 3 nitrogen and oxygen atoms in total. The molecule has 0 aliphatic carbocycles. The first kappa shape index (κ1) is 7.60. The Bertz CT molecular complexity index is 199. The van der Waals surface area contributed by atoms with Crippen molar-refractivity contribution in [2.75, 3.05) is 0 Å². The molecule has 1 aromatic heterocycles. The standard InChI is InChI=1S/C6H4N2.H3N/c7-4-6-2-1-3-8-5-6;/h1-3,5H;1H3. The van der Waals surface area contributed by atoms with E-state index in [1.54, 1.807) is 18.3 Å². The second kappa shape index (κ2) is 3.58. The topological polar surface area (TPSA) is 71.7 Å². The summed E-state index contributed by atoms with van der Waals surface area (Å²) in [4.78, 5) is 3.73. The number of hydrogen-bond acceptors (Lipinski definition) is 3. The third-order valence-electron chi connectivity index (χ3n) is 0.791. The third kappa shape index (κ3) is 1.89. The molecule has 46 valence electrons. The van der Waals surface area contributed by atoms with Crippen LogP contribution in [0.25, 0.3) is 0 Å². The quantitative estimate of drug-likeness (QED) is 0.558. The maximum Gasteiger partial charge on any atom is 0.101 e. The third-order valence-corrected chi connectivity index (χ3v) is 0.791. The first-order valence-electron chi connectivity index (χ1n) is 2.23. The summed E-state index contributed by atoms with van der Waals surface area (Å²) in [6.45, 7) is 0. The fraction of sp³-hybridized carbons (Fsp3) is 0. The molecule has 1 rings (SSSR count). The molecule has 0 amide bonds. The molecule has 0 aliphatic heterocycles. The lowest BCUT2D eigenvalue weighted by Gasteiger charge is -1.79. The van der Waals surface area contributed by atoms with E-state index in [1.165, 1.54) is 6.20 Å². The van der Waals surface area contributed by atoms with E-state index >= 15 is 0 Å². The van der Waals surface area contributed by atoms with Gasteiger partial charge in [-0.2, -0.15) is 5.26 Å². The largest absolute Gasteiger partial charge is 0.344 e. The van der Waals surface area contributed by atoms with E-state index in [2.05, 4.69) is 4.98 Å². The Hall–Kier alpha value is -1.40. The van der Waals surface area contributed by atoms with Crippen molar-refractivity contribution in [3.63, 3.8) is 0 Å². The molecule has 0 atom stereocenters. The molecule has 3 N–H and O–H groups in total. The summed E-state index contributed by atoms with van der Waals surface area (Å²) < 4.78 is 0. The summed E-state index contributed by atoms with van der Waals surface area (Å²) in [6, 6.07) is 5.41. The minimum Gasteiger partial charge on any atom is -0.344 e. The molecule has 0 bridgehead atoms. The van der Waals surface area contributed by atoms with E-state index in [0.717, 1.165) is 0 Å². The van der Waals surface area contributed by atoms with Crippen molar-refractivity contribution in [3.05, 3.63) is 30.1 Å². The predicted octanol–water partition coefficient (Wildman–Crippen LogP) is 1.12. The van der Waals surface area contributed by atoms with Crippen molar-refractivity contribution < 1.29 is 0 Å². The molecule has 1 aromatic rings. The van der Waals surface area contributed by atoms with Crippen LogP contribution < -0.4 is 6.15 Å². The number of pyridine rings is 1. The zero-order valence-electron chi connectivity index (χ0n) is 4.91. The number of aromatic nitrogens is 1. The van der Waals surface area contributed by atoms with Crippen LogP contribution in [-0.4, -0.2) is 4.98 Å². The fourth-order valence-electron chi connectivity index (χ4n) is 0.429. The van der Waals surface area contributed by atoms with Gasteiger partial charge in [0.1, 0.15) is 6.07 Å². The lowest BCUT2D eigenvalue weighted by atomic mass is 10.3. The van der Waals surface area contributed by atoms with Crippen molar-refractivity contribution in [3.8, 4) is 6.07 Å². The van der Waals surface area contributed by atoms with E-state index in [1.807, 2.05) is 6.07 Å². The smallest absolute Gasteiger partial charge is 0.101 e. The molecule has 0 saturated heterocycles. The Morgan fingerprint density at radius 2 is 2.33 bits per heavy atom. The van der Waals surface area contributed by atoms with Gasteiger partial charge in [-0.05, 0) is 12.1 Å². The summed E-state index contributed by atoms with van der Waals surface area (Å²) >= 11 is 0. The van der Waals surface area contributed by atoms with Crippen LogP contribution in [0.1, 0.15) is 5.56 Å². The molecule has 9 heavy (non-hydrogen) atoms. The van der Waals surface area contributed by atoms with Gasteiger partial charge in [-0.1, -0.05) is 0 Å². The van der Waals surface area contributed by atoms with E-state index < -0.39 is 0 Å². The Balaban J connectivity index is 0.000000640. The molecule has 0 saturated carbocycles. The average Bonchev–Trinajstić information content (AvgIpc) is 1.90. The van der Waals surface area contributed by atoms with Crippen LogP contribution in [-0.2, 0) is 0 Å². The highest BCUT2D eigenvalue weighted by molar-refractivity contribution is 5.23. The SMILES string of the molecule is N.N#Cc1cccnc1. The normalized spacial score (nSPS) is 7.00. The fourth-order valence-corrected chi connectivity index (χ4v) is 0.429. The zero-order chi connectivity index (χ0) is 5.82. The van der Waals surface area contributed by atoms with Crippen LogP contribution in [0.2, 0.25) is 0 Å². The van der Waals surface area contributed by atoms with E-state index in [-0.39, 0.29) is 6.15 Å². The van der Waals surface area contributed by atoms with Crippen molar-refractivity contribution in [2.45, 2.75) is 0 Å². The molecule has 1 heterocycles. The van der Waals surface area contributed by atoms with Crippen molar-refractivity contribution in [2.24, 2.45) is 0 Å². The van der Waals surface area contributed by atoms with Gasteiger partial charge in [0, 0.05) is 12.4 Å². The van der Waals surface area contributed by atoms with Gasteiger partial charge in [0.05, 0.1) is 5.56 Å². The Labute approximate surface area is 53.5 Å². The van der Waals surface area contributed by atoms with Crippen LogP contribution in [0.4, 0.5) is 0 Å². The van der Waals surface area contributed by atoms with Gasteiger partial charge in [0.15, 0.2) is 0 Å². The molecule has 0 spiro atoms. The average molecular weight is 121 g/mol. The molecular formula is C6H7N3. The monoisotopic (exact) mass is 121 g/mol. The number of nitrogens with zero attached hydrogens (tertiary/aromatic N) is 2. The number of rotatable bonds is 0. The van der Waals surface area contributed by atoms with Crippen molar-refractivity contribution in [1.29, 1.82) is 5.26 Å². The molecular weight excluding hydrogens is 114 g/mol. The Kier molecular flexibility index (Phi) is 3.03. The molecule has 0 fully saturated rings. The van der Waals surface area contributed by atoms with E-state index in [4.69, 9.17) is 5.26 Å². The Morgan fingerprint density at radius 3 is 2.67 bits per heavy atom. The molecule has 0 aromatic carbocycles. The second-order valence-corrected chi connectivity index (χ2v) is 1.35. The molecule has 0 unspecified atom stereocenters. The van der Waals surface area contributed by atoms with E-state index in [9.17, 15) is 0 Å². The molecule has 0 radical (unpaired) electrons. The first-order chi connectivity index (χ1) is 3.93. The van der Waals surface area contributed by atoms with Crippen LogP contribution in [0.5, 0.6) is 0 Å². The lowest BCUT2D eigenvalue weighted by molar-refractivity contribution is 1.30. The summed E-state index contributed by atoms with van der Waals surface area (Å²) in [5, 5.41) is 8.25. The van der Waals surface area contributed by atoms with Crippen LogP contribution in [0.3, 0.4) is 0 Å². The van der Waals surface area contributed by atoms with Gasteiger partial charge < -0.3 is 6.15 Å². The molecule has 0 aliphatic rings. The van der Waals surface area contributed by atoms with Gasteiger partial charge in [0.2, 0.25) is 0 Å². The number of nitriles is 1. The summed E-state index contributed by atoms with van der Waals surface area (Å²) in [6.07, 6.45) is 3.17. The maximum absolute atomic E-state index is 8.25. The first-order valence-corrected chi connectivity index (χ1v) is 2.23. The van der Waals surface area contributed by atoms with Gasteiger partial charge in [0.25, 0.3) is 0 Å². The summed E-state index contributed by atoms with van der Waals surface area (Å²) in [5.41, 5.74) is 0.604. The van der Waals surface area contributed by atoms with Crippen LogP contribution >= 0.6 is 0 Å². The summed E-state index contributed by atoms with van der Waals surface area (Å²) in [7, 11) is 0. The van der Waals surface area contributed by atoms with Gasteiger partial charge in [-0.3, -0.25) is 4.98 Å². The summed E-state index contributed by atoms with van der Waals surface area (Å²) in [5.74, 6) is 0. The van der Waals surface area contributed by atoms with Gasteiger partial charge >= 0.3 is 0 Å². The highest BCUT2D eigenvalue weighted by Gasteiger charge is 1.80. The van der Waals surface area contributed by atoms with Crippen molar-refractivity contribution in [1.82, 2.24) is 11.1 Å². The lowest BCUT2D eigenvalue weighted by Crippen LogP contribution is -1.72. The number of hydrogen-bond donors (Lipinski definition) is 1. The maximum atomic E-state index is 8.25. The zero-order valence-corrected chi connectivity index (χ0v) is 4.91. The minimum absolute atomic E-state index is 0. The van der Waals surface area contributed by atoms with Gasteiger partial charge in [-0.15, -0.1) is 0 Å². The minimum atomic E-state index is 0.